The molecule has 0 aliphatic rings. The second kappa shape index (κ2) is 5.43. The van der Waals surface area contributed by atoms with Crippen molar-refractivity contribution in [2.75, 3.05) is 5.73 Å². The minimum absolute atomic E-state index is 0.0833. The van der Waals surface area contributed by atoms with E-state index < -0.39 is 11.7 Å². The molecule has 1 aromatic carbocycles. The van der Waals surface area contributed by atoms with Crippen LogP contribution in [0.15, 0.2) is 30.6 Å². The number of amides is 1. The van der Waals surface area contributed by atoms with E-state index in [4.69, 9.17) is 5.73 Å². The molecule has 5 nitrogen and oxygen atoms in total. The molecule has 1 aromatic heterocycles. The monoisotopic (exact) mass is 260 g/mol. The van der Waals surface area contributed by atoms with Gasteiger partial charge in [0.2, 0.25) is 0 Å². The topological polar surface area (TPSA) is 80.9 Å². The summed E-state index contributed by atoms with van der Waals surface area (Å²) in [7, 11) is 0. The molecule has 0 fully saturated rings. The molecule has 0 saturated carbocycles. The van der Waals surface area contributed by atoms with Crippen LogP contribution in [0.25, 0.3) is 0 Å². The number of hydrogen-bond acceptors (Lipinski definition) is 4. The Morgan fingerprint density at radius 3 is 2.84 bits per heavy atom. The Morgan fingerprint density at radius 1 is 1.37 bits per heavy atom. The molecule has 0 atom stereocenters. The molecule has 2 rings (SSSR count). The van der Waals surface area contributed by atoms with Crippen molar-refractivity contribution >= 4 is 11.6 Å². The van der Waals surface area contributed by atoms with Gasteiger partial charge < -0.3 is 11.1 Å². The number of benzene rings is 1. The minimum Gasteiger partial charge on any atom is -0.399 e. The summed E-state index contributed by atoms with van der Waals surface area (Å²) in [5.74, 6) is -1.14. The van der Waals surface area contributed by atoms with Crippen LogP contribution in [0.2, 0.25) is 0 Å². The lowest BCUT2D eigenvalue weighted by Gasteiger charge is -2.06. The van der Waals surface area contributed by atoms with Crippen molar-refractivity contribution < 1.29 is 9.18 Å². The van der Waals surface area contributed by atoms with Crippen molar-refractivity contribution in [1.82, 2.24) is 15.3 Å². The summed E-state index contributed by atoms with van der Waals surface area (Å²) in [6.45, 7) is 2.00. The van der Waals surface area contributed by atoms with Gasteiger partial charge in [0.25, 0.3) is 5.91 Å². The highest BCUT2D eigenvalue weighted by Crippen LogP contribution is 2.11. The normalized spacial score (nSPS) is 10.2. The summed E-state index contributed by atoms with van der Waals surface area (Å²) >= 11 is 0. The van der Waals surface area contributed by atoms with Crippen molar-refractivity contribution in [3.05, 3.63) is 53.4 Å². The van der Waals surface area contributed by atoms with E-state index in [-0.39, 0.29) is 12.1 Å². The van der Waals surface area contributed by atoms with Crippen LogP contribution < -0.4 is 11.1 Å². The third kappa shape index (κ3) is 3.25. The molecule has 0 bridgehead atoms. The maximum absolute atomic E-state index is 13.5. The van der Waals surface area contributed by atoms with Gasteiger partial charge in [-0.3, -0.25) is 14.8 Å². The number of nitrogens with one attached hydrogen (secondary N) is 1. The van der Waals surface area contributed by atoms with Crippen LogP contribution >= 0.6 is 0 Å². The lowest BCUT2D eigenvalue weighted by Crippen LogP contribution is -2.24. The van der Waals surface area contributed by atoms with E-state index in [1.807, 2.05) is 6.92 Å². The number of hydrogen-bond donors (Lipinski definition) is 2. The highest BCUT2D eigenvalue weighted by atomic mass is 19.1. The van der Waals surface area contributed by atoms with Crippen LogP contribution in [0.4, 0.5) is 10.1 Å². The maximum atomic E-state index is 13.5. The molecule has 0 aliphatic carbocycles. The first-order valence-electron chi connectivity index (χ1n) is 5.67. The number of rotatable bonds is 3. The predicted octanol–water partition coefficient (Wildman–Crippen LogP) is 1.44. The fraction of sp³-hybridized carbons (Fsp3) is 0.154. The van der Waals surface area contributed by atoms with Crippen LogP contribution in [0.3, 0.4) is 0 Å². The summed E-state index contributed by atoms with van der Waals surface area (Å²) in [5, 5.41) is 2.57. The van der Waals surface area contributed by atoms with Crippen molar-refractivity contribution in [3.8, 4) is 0 Å². The average molecular weight is 260 g/mol. The van der Waals surface area contributed by atoms with Gasteiger partial charge in [0.15, 0.2) is 0 Å². The van der Waals surface area contributed by atoms with Gasteiger partial charge in [-0.25, -0.2) is 4.39 Å². The van der Waals surface area contributed by atoms with Gasteiger partial charge in [-0.15, -0.1) is 0 Å². The van der Waals surface area contributed by atoms with E-state index in [2.05, 4.69) is 15.3 Å². The highest BCUT2D eigenvalue weighted by Gasteiger charge is 2.11. The summed E-state index contributed by atoms with van der Waals surface area (Å²) < 4.78 is 13.5. The number of nitrogens with zero attached hydrogens (tertiary/aromatic N) is 2. The minimum atomic E-state index is -0.610. The average Bonchev–Trinajstić information content (AvgIpc) is 2.40. The van der Waals surface area contributed by atoms with Crippen LogP contribution in [0, 0.1) is 12.7 Å². The number of carbonyl (C=O) groups is 1. The van der Waals surface area contributed by atoms with Gasteiger partial charge in [0.1, 0.15) is 5.82 Å². The van der Waals surface area contributed by atoms with Crippen molar-refractivity contribution in [1.29, 1.82) is 0 Å². The molecule has 2 aromatic rings. The zero-order valence-electron chi connectivity index (χ0n) is 10.4. The van der Waals surface area contributed by atoms with E-state index in [1.54, 1.807) is 12.4 Å². The highest BCUT2D eigenvalue weighted by molar-refractivity contribution is 5.95. The van der Waals surface area contributed by atoms with Gasteiger partial charge in [0.05, 0.1) is 29.7 Å². The van der Waals surface area contributed by atoms with Crippen LogP contribution in [-0.4, -0.2) is 15.9 Å². The van der Waals surface area contributed by atoms with E-state index in [0.29, 0.717) is 11.4 Å². The number of halogens is 1. The first kappa shape index (κ1) is 12.9. The van der Waals surface area contributed by atoms with Crippen molar-refractivity contribution in [3.63, 3.8) is 0 Å². The molecule has 1 amide bonds. The SMILES string of the molecule is Cc1cnc(CNC(=O)c2cc(N)ccc2F)cn1. The second-order valence-electron chi connectivity index (χ2n) is 4.07. The lowest BCUT2D eigenvalue weighted by atomic mass is 10.1. The molecular weight excluding hydrogens is 247 g/mol. The van der Waals surface area contributed by atoms with Gasteiger partial charge in [-0.05, 0) is 25.1 Å². The van der Waals surface area contributed by atoms with Gasteiger partial charge >= 0.3 is 0 Å². The van der Waals surface area contributed by atoms with E-state index in [1.165, 1.54) is 12.1 Å². The Bertz CT molecular complexity index is 598. The summed E-state index contributed by atoms with van der Waals surface area (Å²) in [4.78, 5) is 19.9. The third-order valence-electron chi connectivity index (χ3n) is 2.50. The number of anilines is 1. The quantitative estimate of drug-likeness (QED) is 0.818. The fourth-order valence-electron chi connectivity index (χ4n) is 1.49. The first-order chi connectivity index (χ1) is 9.06. The smallest absolute Gasteiger partial charge is 0.254 e. The molecule has 0 saturated heterocycles. The largest absolute Gasteiger partial charge is 0.399 e. The predicted molar refractivity (Wildman–Crippen MR) is 68.8 cm³/mol. The van der Waals surface area contributed by atoms with Crippen LogP contribution in [0.1, 0.15) is 21.7 Å². The Hall–Kier alpha value is -2.50. The van der Waals surface area contributed by atoms with Crippen LogP contribution in [0.5, 0.6) is 0 Å². The third-order valence-corrected chi connectivity index (χ3v) is 2.50. The summed E-state index contributed by atoms with van der Waals surface area (Å²) in [6.07, 6.45) is 3.16. The molecule has 19 heavy (non-hydrogen) atoms. The van der Waals surface area contributed by atoms with Gasteiger partial charge in [0, 0.05) is 11.9 Å². The Kier molecular flexibility index (Phi) is 3.70. The van der Waals surface area contributed by atoms with Gasteiger partial charge in [-0.1, -0.05) is 0 Å². The molecule has 98 valence electrons. The van der Waals surface area contributed by atoms with Crippen molar-refractivity contribution in [2.45, 2.75) is 13.5 Å². The number of nitrogen functional groups attached to an aromatic ring is 1. The molecule has 3 N–H and O–H groups in total. The lowest BCUT2D eigenvalue weighted by molar-refractivity contribution is 0.0946. The number of nitrogens with two attached hydrogens (primary N) is 1. The second-order valence-corrected chi connectivity index (χ2v) is 4.07. The molecule has 0 radical (unpaired) electrons. The molecule has 0 aliphatic heterocycles. The van der Waals surface area contributed by atoms with Crippen molar-refractivity contribution in [2.24, 2.45) is 0 Å². The van der Waals surface area contributed by atoms with Gasteiger partial charge in [-0.2, -0.15) is 0 Å². The number of aryl methyl sites for hydroxylation is 1. The Labute approximate surface area is 109 Å². The standard InChI is InChI=1S/C13H13FN4O/c1-8-5-17-10(6-16-8)7-18-13(19)11-4-9(15)2-3-12(11)14/h2-6H,7,15H2,1H3,(H,18,19). The Morgan fingerprint density at radius 2 is 2.16 bits per heavy atom. The maximum Gasteiger partial charge on any atom is 0.254 e. The molecule has 0 spiro atoms. The molecule has 6 heteroatoms. The van der Waals surface area contributed by atoms with E-state index in [0.717, 1.165) is 11.8 Å². The first-order valence-corrected chi connectivity index (χ1v) is 5.67. The summed E-state index contributed by atoms with van der Waals surface area (Å²) in [5.41, 5.74) is 7.16. The zero-order chi connectivity index (χ0) is 13.8. The fourth-order valence-corrected chi connectivity index (χ4v) is 1.49. The van der Waals surface area contributed by atoms with E-state index >= 15 is 0 Å². The zero-order valence-corrected chi connectivity index (χ0v) is 10.4. The molecular formula is C13H13FN4O. The molecule has 1 heterocycles. The van der Waals surface area contributed by atoms with E-state index in [9.17, 15) is 9.18 Å². The molecule has 0 unspecified atom stereocenters. The number of carbonyl (C=O) groups excluding carboxylic acids is 1. The Balaban J connectivity index is 2.05. The number of aromatic nitrogens is 2. The van der Waals surface area contributed by atoms with Crippen LogP contribution in [-0.2, 0) is 6.54 Å². The summed E-state index contributed by atoms with van der Waals surface area (Å²) in [6, 6.07) is 3.86.